The Morgan fingerprint density at radius 3 is 1.35 bits per heavy atom. The number of hydrogen-bond acceptors (Lipinski definition) is 7. The van der Waals surface area contributed by atoms with Crippen molar-refractivity contribution in [2.45, 2.75) is 219 Å². The molecule has 0 aliphatic rings. The summed E-state index contributed by atoms with van der Waals surface area (Å²) in [5.74, 6) is -0.797. The highest BCUT2D eigenvalue weighted by molar-refractivity contribution is 7.47. The maximum Gasteiger partial charge on any atom is 0.472 e. The predicted molar refractivity (Wildman–Crippen MR) is 229 cm³/mol. The minimum atomic E-state index is -4.37. The Balaban J connectivity index is 4.32. The summed E-state index contributed by atoms with van der Waals surface area (Å²) >= 11 is 0. The van der Waals surface area contributed by atoms with Crippen LogP contribution in [0.2, 0.25) is 0 Å². The fourth-order valence-electron chi connectivity index (χ4n) is 6.42. The Morgan fingerprint density at radius 2 is 0.927 bits per heavy atom. The van der Waals surface area contributed by atoms with Gasteiger partial charge in [-0.2, -0.15) is 0 Å². The van der Waals surface area contributed by atoms with Crippen molar-refractivity contribution in [1.29, 1.82) is 0 Å². The number of rotatable bonds is 42. The number of quaternary nitrogens is 1. The monoisotopic (exact) mass is 803 g/mol. The number of nitrogens with zero attached hydrogens (tertiary/aromatic N) is 1. The van der Waals surface area contributed by atoms with Gasteiger partial charge in [-0.15, -0.1) is 0 Å². The van der Waals surface area contributed by atoms with E-state index in [0.29, 0.717) is 17.4 Å². The maximum absolute atomic E-state index is 12.7. The van der Waals surface area contributed by atoms with Gasteiger partial charge in [-0.25, -0.2) is 4.57 Å². The number of hydrogen-bond donors (Lipinski definition) is 1. The molecule has 0 rings (SSSR count). The van der Waals surface area contributed by atoms with Crippen molar-refractivity contribution in [3.63, 3.8) is 0 Å². The van der Waals surface area contributed by atoms with Crippen LogP contribution in [0.4, 0.5) is 0 Å². The molecule has 0 bridgehead atoms. The molecule has 0 aromatic heterocycles. The van der Waals surface area contributed by atoms with E-state index < -0.39 is 26.5 Å². The average molecular weight is 803 g/mol. The van der Waals surface area contributed by atoms with E-state index in [2.05, 4.69) is 26.0 Å². The number of ether oxygens (including phenoxy) is 2. The molecule has 0 aromatic carbocycles. The SMILES string of the molecule is CCCCCCCC/C=C/CCCCCCCC(=O)OC[C@H](COP(=O)(O)OCC[N+](C)(C)C)OC(=O)CCCCCCCCCCCCCCCCCC. The van der Waals surface area contributed by atoms with Gasteiger partial charge in [-0.05, 0) is 38.5 Å². The molecule has 1 N–H and O–H groups in total. The third kappa shape index (κ3) is 42.2. The van der Waals surface area contributed by atoms with Gasteiger partial charge in [-0.3, -0.25) is 18.6 Å². The lowest BCUT2D eigenvalue weighted by atomic mass is 10.0. The first-order valence-corrected chi connectivity index (χ1v) is 24.4. The van der Waals surface area contributed by atoms with Crippen molar-refractivity contribution in [3.8, 4) is 0 Å². The van der Waals surface area contributed by atoms with Crippen LogP contribution in [0, 0.1) is 0 Å². The Bertz CT molecular complexity index is 954. The molecule has 0 fully saturated rings. The highest BCUT2D eigenvalue weighted by Crippen LogP contribution is 2.43. The first kappa shape index (κ1) is 53.8. The largest absolute Gasteiger partial charge is 0.472 e. The molecule has 0 aromatic rings. The Morgan fingerprint density at radius 1 is 0.545 bits per heavy atom. The Kier molecular flexibility index (Phi) is 37.4. The lowest BCUT2D eigenvalue weighted by Gasteiger charge is -2.24. The molecule has 326 valence electrons. The predicted octanol–water partition coefficient (Wildman–Crippen LogP) is 13.0. The summed E-state index contributed by atoms with van der Waals surface area (Å²) in [6, 6.07) is 0. The summed E-state index contributed by atoms with van der Waals surface area (Å²) in [5, 5.41) is 0. The fourth-order valence-corrected chi connectivity index (χ4v) is 7.16. The average Bonchev–Trinajstić information content (AvgIpc) is 3.13. The molecule has 0 amide bonds. The van der Waals surface area contributed by atoms with E-state index in [9.17, 15) is 19.0 Å². The molecule has 0 aliphatic carbocycles. The number of phosphoric ester groups is 1. The topological polar surface area (TPSA) is 108 Å². The minimum absolute atomic E-state index is 0.0337. The van der Waals surface area contributed by atoms with Crippen molar-refractivity contribution >= 4 is 19.8 Å². The van der Waals surface area contributed by atoms with Crippen LogP contribution in [0.5, 0.6) is 0 Å². The van der Waals surface area contributed by atoms with Crippen LogP contribution in [-0.2, 0) is 32.7 Å². The smallest absolute Gasteiger partial charge is 0.462 e. The standard InChI is InChI=1S/C45H88NO8P/c1-6-8-10-12-14-16-18-20-22-24-26-28-30-32-34-36-38-45(48)54-43(42-53-55(49,50)52-40-39-46(3,4)5)41-51-44(47)37-35-33-31-29-27-25-23-21-19-17-15-13-11-9-7-2/h21,23,43H,6-20,22,24-42H2,1-5H3/p+1/b23-21+/t43-/m1/s1. The summed E-state index contributed by atoms with van der Waals surface area (Å²) in [7, 11) is 1.48. The van der Waals surface area contributed by atoms with Crippen LogP contribution in [0.3, 0.4) is 0 Å². The summed E-state index contributed by atoms with van der Waals surface area (Å²) in [5.41, 5.74) is 0. The van der Waals surface area contributed by atoms with E-state index in [4.69, 9.17) is 18.5 Å². The molecule has 55 heavy (non-hydrogen) atoms. The molecule has 0 aliphatic heterocycles. The highest BCUT2D eigenvalue weighted by Gasteiger charge is 2.27. The zero-order chi connectivity index (χ0) is 40.7. The number of carbonyl (C=O) groups is 2. The summed E-state index contributed by atoms with van der Waals surface area (Å²) in [6.07, 6.45) is 39.6. The molecular weight excluding hydrogens is 713 g/mol. The van der Waals surface area contributed by atoms with Crippen LogP contribution in [0.1, 0.15) is 213 Å². The van der Waals surface area contributed by atoms with E-state index in [1.807, 2.05) is 21.1 Å². The van der Waals surface area contributed by atoms with Gasteiger partial charge in [0.2, 0.25) is 0 Å². The van der Waals surface area contributed by atoms with Crippen molar-refractivity contribution in [1.82, 2.24) is 0 Å². The van der Waals surface area contributed by atoms with E-state index in [1.54, 1.807) is 0 Å². The second-order valence-corrected chi connectivity index (χ2v) is 18.2. The van der Waals surface area contributed by atoms with Crippen molar-refractivity contribution in [2.75, 3.05) is 47.5 Å². The van der Waals surface area contributed by atoms with E-state index in [-0.39, 0.29) is 32.0 Å². The van der Waals surface area contributed by atoms with Gasteiger partial charge in [0.05, 0.1) is 27.7 Å². The highest BCUT2D eigenvalue weighted by atomic mass is 31.2. The quantitative estimate of drug-likeness (QED) is 0.0214. The van der Waals surface area contributed by atoms with Gasteiger partial charge in [0.25, 0.3) is 0 Å². The second-order valence-electron chi connectivity index (χ2n) is 16.8. The lowest BCUT2D eigenvalue weighted by Crippen LogP contribution is -2.37. The second kappa shape index (κ2) is 38.3. The maximum atomic E-state index is 12.7. The Labute approximate surface area is 339 Å². The first-order chi connectivity index (χ1) is 26.5. The number of carbonyl (C=O) groups excluding carboxylic acids is 2. The van der Waals surface area contributed by atoms with Crippen LogP contribution in [0.25, 0.3) is 0 Å². The number of esters is 2. The van der Waals surface area contributed by atoms with E-state index in [0.717, 1.165) is 51.4 Å². The molecule has 0 saturated carbocycles. The molecule has 9 nitrogen and oxygen atoms in total. The number of unbranched alkanes of at least 4 members (excludes halogenated alkanes) is 26. The first-order valence-electron chi connectivity index (χ1n) is 22.9. The van der Waals surface area contributed by atoms with Crippen LogP contribution in [-0.4, -0.2) is 74.9 Å². The van der Waals surface area contributed by atoms with Gasteiger partial charge in [0.15, 0.2) is 6.10 Å². The lowest BCUT2D eigenvalue weighted by molar-refractivity contribution is -0.870. The van der Waals surface area contributed by atoms with Crippen LogP contribution >= 0.6 is 7.82 Å². The number of phosphoric acid groups is 1. The number of allylic oxidation sites excluding steroid dienone is 2. The fraction of sp³-hybridized carbons (Fsp3) is 0.911. The minimum Gasteiger partial charge on any atom is -0.462 e. The zero-order valence-electron chi connectivity index (χ0n) is 36.7. The van der Waals surface area contributed by atoms with Crippen molar-refractivity contribution in [3.05, 3.63) is 12.2 Å². The molecular formula is C45H89NO8P+. The van der Waals surface area contributed by atoms with E-state index in [1.165, 1.54) is 128 Å². The molecule has 10 heteroatoms. The number of likely N-dealkylation sites (N-methyl/N-ethyl adjacent to an activating group) is 1. The molecule has 0 spiro atoms. The third-order valence-electron chi connectivity index (χ3n) is 10.0. The van der Waals surface area contributed by atoms with Crippen molar-refractivity contribution in [2.24, 2.45) is 0 Å². The summed E-state index contributed by atoms with van der Waals surface area (Å²) < 4.78 is 34.3. The van der Waals surface area contributed by atoms with Gasteiger partial charge in [0, 0.05) is 12.8 Å². The van der Waals surface area contributed by atoms with Gasteiger partial charge in [0.1, 0.15) is 19.8 Å². The van der Waals surface area contributed by atoms with Gasteiger partial charge >= 0.3 is 19.8 Å². The zero-order valence-corrected chi connectivity index (χ0v) is 37.6. The van der Waals surface area contributed by atoms with E-state index >= 15 is 0 Å². The molecule has 0 radical (unpaired) electrons. The molecule has 0 heterocycles. The third-order valence-corrected chi connectivity index (χ3v) is 11.0. The normalized spacial score (nSPS) is 13.6. The summed E-state index contributed by atoms with van der Waals surface area (Å²) in [6.45, 7) is 4.44. The molecule has 0 saturated heterocycles. The Hall–Kier alpha value is -1.25. The molecule has 1 unspecified atom stereocenters. The van der Waals surface area contributed by atoms with Gasteiger partial charge in [-0.1, -0.05) is 174 Å². The van der Waals surface area contributed by atoms with Crippen LogP contribution < -0.4 is 0 Å². The van der Waals surface area contributed by atoms with Crippen molar-refractivity contribution < 1.29 is 42.1 Å². The summed E-state index contributed by atoms with van der Waals surface area (Å²) in [4.78, 5) is 35.4. The van der Waals surface area contributed by atoms with Gasteiger partial charge < -0.3 is 18.9 Å². The van der Waals surface area contributed by atoms with Crippen LogP contribution in [0.15, 0.2) is 12.2 Å². The molecule has 2 atom stereocenters.